The quantitative estimate of drug-likeness (QED) is 0.851. The van der Waals surface area contributed by atoms with E-state index < -0.39 is 15.2 Å². The molecule has 0 amide bonds. The van der Waals surface area contributed by atoms with Gasteiger partial charge in [-0.05, 0) is 28.1 Å². The number of halogens is 3. The molecule has 0 unspecified atom stereocenters. The highest BCUT2D eigenvalue weighted by Gasteiger charge is 2.15. The summed E-state index contributed by atoms with van der Waals surface area (Å²) in [5.74, 6) is 0.345. The van der Waals surface area contributed by atoms with Crippen molar-refractivity contribution in [2.75, 3.05) is 17.0 Å². The van der Waals surface area contributed by atoms with Crippen LogP contribution in [0.25, 0.3) is 0 Å². The first-order valence-electron chi connectivity index (χ1n) is 3.99. The van der Waals surface area contributed by atoms with E-state index in [2.05, 4.69) is 20.7 Å². The maximum Gasteiger partial charge on any atom is 0.246 e. The zero-order valence-corrected chi connectivity index (χ0v) is 12.0. The lowest BCUT2D eigenvalue weighted by molar-refractivity contribution is 0.414. The lowest BCUT2D eigenvalue weighted by atomic mass is 10.3. The third kappa shape index (κ3) is 3.41. The summed E-state index contributed by atoms with van der Waals surface area (Å²) in [5, 5.41) is -0.166. The third-order valence-corrected chi connectivity index (χ3v) is 4.11. The molecule has 0 aromatic heterocycles. The molecule has 0 fully saturated rings. The van der Waals surface area contributed by atoms with Gasteiger partial charge in [0.25, 0.3) is 0 Å². The van der Waals surface area contributed by atoms with Crippen molar-refractivity contribution >= 4 is 54.8 Å². The van der Waals surface area contributed by atoms with Crippen LogP contribution in [0.2, 0.25) is 5.02 Å². The maximum absolute atomic E-state index is 11.3. The first-order chi connectivity index (χ1) is 7.39. The molecule has 16 heavy (non-hydrogen) atoms. The van der Waals surface area contributed by atoms with Crippen LogP contribution in [0, 0.1) is 0 Å². The first-order valence-corrected chi connectivity index (χ1v) is 7.35. The number of alkyl halides is 1. The number of hydrogen-bond donors (Lipinski definition) is 1. The van der Waals surface area contributed by atoms with Crippen LogP contribution in [0.3, 0.4) is 0 Å². The molecule has 0 aliphatic rings. The summed E-state index contributed by atoms with van der Waals surface area (Å²) in [4.78, 5) is 0. The summed E-state index contributed by atoms with van der Waals surface area (Å²) in [6.07, 6.45) is 0. The van der Waals surface area contributed by atoms with E-state index in [-0.39, 0.29) is 5.69 Å². The molecule has 0 saturated carbocycles. The SMILES string of the molecule is COc1c(Br)cc(Cl)cc1NS(=O)(=O)CCl. The van der Waals surface area contributed by atoms with Crippen LogP contribution in [0.4, 0.5) is 5.69 Å². The van der Waals surface area contributed by atoms with Crippen LogP contribution in [0.15, 0.2) is 16.6 Å². The van der Waals surface area contributed by atoms with E-state index >= 15 is 0 Å². The van der Waals surface area contributed by atoms with Gasteiger partial charge in [0.2, 0.25) is 10.0 Å². The van der Waals surface area contributed by atoms with Gasteiger partial charge in [0.05, 0.1) is 17.3 Å². The van der Waals surface area contributed by atoms with Crippen molar-refractivity contribution in [2.45, 2.75) is 0 Å². The highest BCUT2D eigenvalue weighted by molar-refractivity contribution is 9.10. The highest BCUT2D eigenvalue weighted by atomic mass is 79.9. The van der Waals surface area contributed by atoms with Crippen molar-refractivity contribution in [3.63, 3.8) is 0 Å². The second-order valence-corrected chi connectivity index (χ2v) is 6.39. The molecule has 1 N–H and O–H groups in total. The normalized spacial score (nSPS) is 11.2. The Kier molecular flexibility index (Phi) is 4.73. The van der Waals surface area contributed by atoms with Crippen molar-refractivity contribution in [3.8, 4) is 5.75 Å². The van der Waals surface area contributed by atoms with Gasteiger partial charge in [-0.2, -0.15) is 0 Å². The number of hydrogen-bond acceptors (Lipinski definition) is 3. The fourth-order valence-electron chi connectivity index (χ4n) is 1.04. The van der Waals surface area contributed by atoms with E-state index in [9.17, 15) is 8.42 Å². The molecular formula is C8H8BrCl2NO3S. The third-order valence-electron chi connectivity index (χ3n) is 1.62. The molecule has 1 aromatic carbocycles. The van der Waals surface area contributed by atoms with Crippen LogP contribution in [0.5, 0.6) is 5.75 Å². The monoisotopic (exact) mass is 347 g/mol. The van der Waals surface area contributed by atoms with Crippen LogP contribution >= 0.6 is 39.1 Å². The number of benzene rings is 1. The zero-order valence-electron chi connectivity index (χ0n) is 8.13. The van der Waals surface area contributed by atoms with Crippen molar-refractivity contribution in [2.24, 2.45) is 0 Å². The van der Waals surface area contributed by atoms with Gasteiger partial charge in [-0.25, -0.2) is 8.42 Å². The Morgan fingerprint density at radius 2 is 2.12 bits per heavy atom. The maximum atomic E-state index is 11.3. The highest BCUT2D eigenvalue weighted by Crippen LogP contribution is 2.36. The van der Waals surface area contributed by atoms with Gasteiger partial charge in [-0.15, -0.1) is 11.6 Å². The van der Waals surface area contributed by atoms with Crippen LogP contribution in [0.1, 0.15) is 0 Å². The lowest BCUT2D eigenvalue weighted by Gasteiger charge is -2.12. The molecule has 0 radical (unpaired) electrons. The Balaban J connectivity index is 3.22. The van der Waals surface area contributed by atoms with E-state index in [0.29, 0.717) is 15.2 Å². The molecule has 0 heterocycles. The molecule has 0 bridgehead atoms. The van der Waals surface area contributed by atoms with Gasteiger partial charge < -0.3 is 4.74 Å². The number of rotatable bonds is 4. The van der Waals surface area contributed by atoms with Gasteiger partial charge in [0, 0.05) is 5.02 Å². The van der Waals surface area contributed by atoms with E-state index in [1.165, 1.54) is 13.2 Å². The number of ether oxygens (including phenoxy) is 1. The van der Waals surface area contributed by atoms with Gasteiger partial charge in [0.15, 0.2) is 5.75 Å². The van der Waals surface area contributed by atoms with Gasteiger partial charge in [0.1, 0.15) is 5.21 Å². The van der Waals surface area contributed by atoms with Gasteiger partial charge in [-0.1, -0.05) is 11.6 Å². The molecule has 0 saturated heterocycles. The summed E-state index contributed by atoms with van der Waals surface area (Å²) in [6.45, 7) is 0. The van der Waals surface area contributed by atoms with E-state index in [0.717, 1.165) is 0 Å². The van der Waals surface area contributed by atoms with E-state index in [4.69, 9.17) is 27.9 Å². The summed E-state index contributed by atoms with van der Waals surface area (Å²) in [5.41, 5.74) is 0.238. The Bertz CT molecular complexity index is 492. The molecule has 1 rings (SSSR count). The number of methoxy groups -OCH3 is 1. The molecule has 90 valence electrons. The van der Waals surface area contributed by atoms with Crippen molar-refractivity contribution in [1.29, 1.82) is 0 Å². The standard InChI is InChI=1S/C8H8BrCl2NO3S/c1-15-8-6(9)2-5(11)3-7(8)12-16(13,14)4-10/h2-3,12H,4H2,1H3. The average Bonchev–Trinajstić information content (AvgIpc) is 2.16. The predicted molar refractivity (Wildman–Crippen MR) is 69.0 cm³/mol. The second kappa shape index (κ2) is 5.44. The molecule has 8 heteroatoms. The Morgan fingerprint density at radius 1 is 1.50 bits per heavy atom. The summed E-state index contributed by atoms with van der Waals surface area (Å²) in [6, 6.07) is 3.04. The number of nitrogens with one attached hydrogen (secondary N) is 1. The van der Waals surface area contributed by atoms with Crippen LogP contribution < -0.4 is 9.46 Å². The summed E-state index contributed by atoms with van der Waals surface area (Å²) >= 11 is 14.3. The fourth-order valence-corrected chi connectivity index (χ4v) is 2.72. The second-order valence-electron chi connectivity index (χ2n) is 2.79. The van der Waals surface area contributed by atoms with E-state index in [1.54, 1.807) is 6.07 Å². The van der Waals surface area contributed by atoms with Crippen molar-refractivity contribution in [3.05, 3.63) is 21.6 Å². The molecule has 0 aliphatic carbocycles. The van der Waals surface area contributed by atoms with E-state index in [1.807, 2.05) is 0 Å². The largest absolute Gasteiger partial charge is 0.493 e. The molecule has 1 aromatic rings. The van der Waals surface area contributed by atoms with Gasteiger partial charge >= 0.3 is 0 Å². The van der Waals surface area contributed by atoms with Gasteiger partial charge in [-0.3, -0.25) is 4.72 Å². The van der Waals surface area contributed by atoms with Crippen molar-refractivity contribution in [1.82, 2.24) is 0 Å². The molecule has 4 nitrogen and oxygen atoms in total. The predicted octanol–water partition coefficient (Wildman–Crippen LogP) is 3.05. The lowest BCUT2D eigenvalue weighted by Crippen LogP contribution is -2.14. The smallest absolute Gasteiger partial charge is 0.246 e. The average molecular weight is 349 g/mol. The topological polar surface area (TPSA) is 55.4 Å². The number of sulfonamides is 1. The molecular weight excluding hydrogens is 341 g/mol. The zero-order chi connectivity index (χ0) is 12.3. The Morgan fingerprint density at radius 3 is 2.62 bits per heavy atom. The minimum atomic E-state index is -3.58. The molecule has 0 atom stereocenters. The minimum absolute atomic E-state index is 0.238. The first kappa shape index (κ1) is 13.9. The fraction of sp³-hybridized carbons (Fsp3) is 0.250. The summed E-state index contributed by atoms with van der Waals surface area (Å²) < 4.78 is 30.5. The van der Waals surface area contributed by atoms with Crippen molar-refractivity contribution < 1.29 is 13.2 Å². The minimum Gasteiger partial charge on any atom is -0.493 e. The molecule has 0 aliphatic heterocycles. The summed E-state index contributed by atoms with van der Waals surface area (Å²) in [7, 11) is -2.16. The number of anilines is 1. The Labute approximate surface area is 112 Å². The van der Waals surface area contributed by atoms with Crippen LogP contribution in [-0.2, 0) is 10.0 Å². The molecule has 0 spiro atoms. The Hall–Kier alpha value is -0.170. The van der Waals surface area contributed by atoms with Crippen LogP contribution in [-0.4, -0.2) is 20.7 Å².